The molecule has 1 N–H and O–H groups in total. The Hall–Kier alpha value is -3.20. The van der Waals surface area contributed by atoms with Gasteiger partial charge in [-0.1, -0.05) is 54.6 Å². The number of hydrogen-bond acceptors (Lipinski definition) is 3. The van der Waals surface area contributed by atoms with Crippen molar-refractivity contribution in [3.05, 3.63) is 84.6 Å². The number of pyridine rings is 1. The lowest BCUT2D eigenvalue weighted by Gasteiger charge is -2.08. The molecule has 4 aromatic rings. The van der Waals surface area contributed by atoms with Crippen LogP contribution in [0.2, 0.25) is 0 Å². The molecule has 0 aliphatic heterocycles. The molecule has 3 heteroatoms. The van der Waals surface area contributed by atoms with Gasteiger partial charge >= 0.3 is 0 Å². The van der Waals surface area contributed by atoms with Crippen molar-refractivity contribution in [1.82, 2.24) is 4.98 Å². The summed E-state index contributed by atoms with van der Waals surface area (Å²) in [6, 6.07) is 24.7. The van der Waals surface area contributed by atoms with Gasteiger partial charge in [-0.3, -0.25) is 5.43 Å². The maximum atomic E-state index is 4.37. The van der Waals surface area contributed by atoms with E-state index in [9.17, 15) is 0 Å². The minimum Gasteiger partial charge on any atom is -0.261 e. The first-order chi connectivity index (χ1) is 11.4. The van der Waals surface area contributed by atoms with Crippen molar-refractivity contribution in [1.29, 1.82) is 0 Å². The first-order valence-corrected chi connectivity index (χ1v) is 7.52. The van der Waals surface area contributed by atoms with E-state index >= 15 is 0 Å². The second-order valence-corrected chi connectivity index (χ2v) is 5.32. The predicted molar refractivity (Wildman–Crippen MR) is 96.9 cm³/mol. The Labute approximate surface area is 134 Å². The number of nitrogens with one attached hydrogen (secondary N) is 1. The topological polar surface area (TPSA) is 37.3 Å². The Morgan fingerprint density at radius 3 is 2.09 bits per heavy atom. The maximum absolute atomic E-state index is 4.37. The van der Waals surface area contributed by atoms with E-state index in [-0.39, 0.29) is 0 Å². The first kappa shape index (κ1) is 13.5. The number of nitrogens with zero attached hydrogens (tertiary/aromatic N) is 2. The van der Waals surface area contributed by atoms with Crippen molar-refractivity contribution in [2.75, 3.05) is 5.43 Å². The first-order valence-electron chi connectivity index (χ1n) is 7.52. The lowest BCUT2D eigenvalue weighted by atomic mass is 9.97. The smallest absolute Gasteiger partial charge is 0.146 e. The van der Waals surface area contributed by atoms with E-state index in [1.54, 1.807) is 6.20 Å². The van der Waals surface area contributed by atoms with Crippen LogP contribution in [0.4, 0.5) is 5.82 Å². The molecule has 4 rings (SSSR count). The molecule has 1 aromatic heterocycles. The molecule has 0 amide bonds. The van der Waals surface area contributed by atoms with E-state index in [1.165, 1.54) is 21.5 Å². The van der Waals surface area contributed by atoms with Gasteiger partial charge in [-0.25, -0.2) is 4.98 Å². The number of rotatable bonds is 3. The zero-order chi connectivity index (χ0) is 15.5. The van der Waals surface area contributed by atoms with Crippen LogP contribution in [0.25, 0.3) is 21.5 Å². The second kappa shape index (κ2) is 5.89. The van der Waals surface area contributed by atoms with Gasteiger partial charge in [0.15, 0.2) is 0 Å². The van der Waals surface area contributed by atoms with Crippen LogP contribution in [0.15, 0.2) is 84.1 Å². The van der Waals surface area contributed by atoms with Gasteiger partial charge in [-0.15, -0.1) is 0 Å². The third-order valence-electron chi connectivity index (χ3n) is 3.85. The number of hydrazone groups is 1. The minimum absolute atomic E-state index is 0.730. The van der Waals surface area contributed by atoms with Gasteiger partial charge < -0.3 is 0 Å². The fourth-order valence-electron chi connectivity index (χ4n) is 2.78. The molecule has 0 saturated heterocycles. The Kier molecular flexibility index (Phi) is 3.45. The summed E-state index contributed by atoms with van der Waals surface area (Å²) < 4.78 is 0. The molecular weight excluding hydrogens is 282 g/mol. The molecule has 0 saturated carbocycles. The molecule has 0 unspecified atom stereocenters. The van der Waals surface area contributed by atoms with Crippen LogP contribution in [0.5, 0.6) is 0 Å². The van der Waals surface area contributed by atoms with Crippen LogP contribution < -0.4 is 5.43 Å². The summed E-state index contributed by atoms with van der Waals surface area (Å²) in [4.78, 5) is 4.21. The average Bonchev–Trinajstić information content (AvgIpc) is 2.62. The van der Waals surface area contributed by atoms with E-state index in [4.69, 9.17) is 0 Å². The second-order valence-electron chi connectivity index (χ2n) is 5.32. The number of benzene rings is 3. The van der Waals surface area contributed by atoms with Crippen LogP contribution in [0, 0.1) is 0 Å². The molecule has 0 fully saturated rings. The highest BCUT2D eigenvalue weighted by Gasteiger charge is 2.05. The van der Waals surface area contributed by atoms with Crippen LogP contribution >= 0.6 is 0 Å². The third kappa shape index (κ3) is 2.64. The molecule has 0 bridgehead atoms. The molecule has 0 spiro atoms. The average molecular weight is 297 g/mol. The molecule has 1 heterocycles. The van der Waals surface area contributed by atoms with Gasteiger partial charge in [0.2, 0.25) is 0 Å². The van der Waals surface area contributed by atoms with E-state index in [2.05, 4.69) is 70.1 Å². The summed E-state index contributed by atoms with van der Waals surface area (Å²) in [6.45, 7) is 0. The molecular formula is C20H15N3. The molecule has 3 aromatic carbocycles. The van der Waals surface area contributed by atoms with Gasteiger partial charge in [0, 0.05) is 11.8 Å². The van der Waals surface area contributed by atoms with Crippen molar-refractivity contribution >= 4 is 33.6 Å². The summed E-state index contributed by atoms with van der Waals surface area (Å²) in [6.07, 6.45) is 3.62. The van der Waals surface area contributed by atoms with Crippen LogP contribution in [-0.2, 0) is 0 Å². The van der Waals surface area contributed by atoms with Gasteiger partial charge in [0.1, 0.15) is 5.82 Å². The summed E-state index contributed by atoms with van der Waals surface area (Å²) in [5, 5.41) is 9.19. The Balaban J connectivity index is 1.83. The van der Waals surface area contributed by atoms with Crippen molar-refractivity contribution in [3.63, 3.8) is 0 Å². The molecule has 0 aliphatic rings. The molecule has 0 radical (unpaired) electrons. The highest BCUT2D eigenvalue weighted by molar-refractivity contribution is 6.13. The summed E-state index contributed by atoms with van der Waals surface area (Å²) in [5.74, 6) is 0.730. The molecule has 23 heavy (non-hydrogen) atoms. The quantitative estimate of drug-likeness (QED) is 0.334. The fourth-order valence-corrected chi connectivity index (χ4v) is 2.78. The SMILES string of the molecule is C(=N\Nc1ccccn1)/c1c2ccccc2cc2ccccc12. The normalized spacial score (nSPS) is 11.3. The standard InChI is InChI=1S/C20H15N3/c1-3-9-17-15(7-1)13-16-8-2-4-10-18(16)19(17)14-22-23-20-11-5-6-12-21-20/h1-14H,(H,21,23)/b22-14+. The number of hydrogen-bond donors (Lipinski definition) is 1. The van der Waals surface area contributed by atoms with Crippen LogP contribution in [0.1, 0.15) is 5.56 Å². The number of fused-ring (bicyclic) bond motifs is 2. The van der Waals surface area contributed by atoms with Crippen LogP contribution in [-0.4, -0.2) is 11.2 Å². The van der Waals surface area contributed by atoms with Gasteiger partial charge in [-0.2, -0.15) is 5.10 Å². The third-order valence-corrected chi connectivity index (χ3v) is 3.85. The Bertz CT molecular complexity index is 937. The minimum atomic E-state index is 0.730. The highest BCUT2D eigenvalue weighted by atomic mass is 15.3. The van der Waals surface area contributed by atoms with Gasteiger partial charge in [0.25, 0.3) is 0 Å². The maximum Gasteiger partial charge on any atom is 0.146 e. The van der Waals surface area contributed by atoms with Crippen molar-refractivity contribution < 1.29 is 0 Å². The zero-order valence-electron chi connectivity index (χ0n) is 12.5. The summed E-state index contributed by atoms with van der Waals surface area (Å²) in [7, 11) is 0. The number of anilines is 1. The largest absolute Gasteiger partial charge is 0.261 e. The Morgan fingerprint density at radius 1 is 0.783 bits per heavy atom. The molecule has 0 aliphatic carbocycles. The van der Waals surface area contributed by atoms with E-state index in [0.717, 1.165) is 11.4 Å². The predicted octanol–water partition coefficient (Wildman–Crippen LogP) is 4.83. The van der Waals surface area contributed by atoms with Crippen molar-refractivity contribution in [2.45, 2.75) is 0 Å². The monoisotopic (exact) mass is 297 g/mol. The lowest BCUT2D eigenvalue weighted by molar-refractivity contribution is 1.23. The summed E-state index contributed by atoms with van der Waals surface area (Å²) >= 11 is 0. The van der Waals surface area contributed by atoms with E-state index < -0.39 is 0 Å². The summed E-state index contributed by atoms with van der Waals surface area (Å²) in [5.41, 5.74) is 4.09. The van der Waals surface area contributed by atoms with Crippen molar-refractivity contribution in [2.24, 2.45) is 5.10 Å². The van der Waals surface area contributed by atoms with E-state index in [1.807, 2.05) is 24.4 Å². The van der Waals surface area contributed by atoms with Crippen molar-refractivity contribution in [3.8, 4) is 0 Å². The lowest BCUT2D eigenvalue weighted by Crippen LogP contribution is -1.94. The highest BCUT2D eigenvalue weighted by Crippen LogP contribution is 2.27. The molecule has 110 valence electrons. The number of aromatic nitrogens is 1. The molecule has 0 atom stereocenters. The van der Waals surface area contributed by atoms with Gasteiger partial charge in [-0.05, 0) is 39.7 Å². The Morgan fingerprint density at radius 2 is 1.43 bits per heavy atom. The van der Waals surface area contributed by atoms with E-state index in [0.29, 0.717) is 0 Å². The fraction of sp³-hybridized carbons (Fsp3) is 0. The molecule has 3 nitrogen and oxygen atoms in total. The zero-order valence-corrected chi connectivity index (χ0v) is 12.5. The van der Waals surface area contributed by atoms with Gasteiger partial charge in [0.05, 0.1) is 6.21 Å². The van der Waals surface area contributed by atoms with Crippen LogP contribution in [0.3, 0.4) is 0 Å².